The molecule has 5 aromatic rings. The molecule has 2 fully saturated rings. The molecular weight excluding hydrogens is 507 g/mol. The second-order valence-electron chi connectivity index (χ2n) is 10.4. The zero-order valence-electron chi connectivity index (χ0n) is 21.9. The van der Waals surface area contributed by atoms with E-state index >= 15 is 0 Å². The van der Waals surface area contributed by atoms with Gasteiger partial charge < -0.3 is 14.9 Å². The number of rotatable bonds is 5. The molecule has 40 heavy (non-hydrogen) atoms. The normalized spacial score (nSPS) is 18.1. The van der Waals surface area contributed by atoms with Crippen LogP contribution in [-0.2, 0) is 0 Å². The van der Waals surface area contributed by atoms with Crippen LogP contribution in [-0.4, -0.2) is 60.4 Å². The minimum absolute atomic E-state index is 0.0733. The van der Waals surface area contributed by atoms with Crippen molar-refractivity contribution >= 4 is 17.4 Å². The van der Waals surface area contributed by atoms with Crippen LogP contribution in [0.4, 0.5) is 16.2 Å². The van der Waals surface area contributed by atoms with E-state index in [0.717, 1.165) is 72.3 Å². The zero-order valence-corrected chi connectivity index (χ0v) is 21.9. The predicted molar refractivity (Wildman–Crippen MR) is 150 cm³/mol. The van der Waals surface area contributed by atoms with Crippen LogP contribution in [0, 0.1) is 5.82 Å². The van der Waals surface area contributed by atoms with Crippen LogP contribution in [0.2, 0.25) is 0 Å². The Kier molecular flexibility index (Phi) is 6.31. The SMILES string of the molecule is OC1CCN(c2nccc(-c3cccc(-c4cnc5ccc(N6CCCC6c6cccc(F)c6)nn45)n3)n2)CC1. The van der Waals surface area contributed by atoms with Gasteiger partial charge in [0.15, 0.2) is 5.65 Å². The number of fused-ring (bicyclic) bond motifs is 1. The topological polar surface area (TPSA) is 95.6 Å². The summed E-state index contributed by atoms with van der Waals surface area (Å²) in [4.78, 5) is 23.1. The van der Waals surface area contributed by atoms with Crippen LogP contribution in [0.25, 0.3) is 28.4 Å². The molecule has 1 N–H and O–H groups in total. The van der Waals surface area contributed by atoms with Crippen LogP contribution < -0.4 is 9.80 Å². The van der Waals surface area contributed by atoms with E-state index in [1.54, 1.807) is 24.5 Å². The first-order chi connectivity index (χ1) is 19.6. The number of hydrogen-bond donors (Lipinski definition) is 1. The second kappa shape index (κ2) is 10.3. The standard InChI is InChI=1S/C30H29FN8O/c31-21-5-1-4-20(18-21)26-8-3-15-38(26)29-10-9-28-33-19-27(39(28)36-29)25-7-2-6-23(34-25)24-11-14-32-30(35-24)37-16-12-22(40)13-17-37/h1-2,4-7,9-11,14,18-19,22,26,40H,3,8,12-13,15-17H2. The number of aliphatic hydroxyl groups is 1. The first-order valence-corrected chi connectivity index (χ1v) is 13.7. The van der Waals surface area contributed by atoms with Gasteiger partial charge in [-0.25, -0.2) is 28.8 Å². The number of hydrogen-bond acceptors (Lipinski definition) is 8. The van der Waals surface area contributed by atoms with E-state index in [4.69, 9.17) is 15.1 Å². The van der Waals surface area contributed by atoms with E-state index in [0.29, 0.717) is 18.8 Å². The molecule has 2 saturated heterocycles. The molecule has 2 aliphatic heterocycles. The van der Waals surface area contributed by atoms with E-state index < -0.39 is 0 Å². The lowest BCUT2D eigenvalue weighted by molar-refractivity contribution is 0.145. The molecule has 9 nitrogen and oxygen atoms in total. The highest BCUT2D eigenvalue weighted by Crippen LogP contribution is 2.36. The molecule has 1 unspecified atom stereocenters. The van der Waals surface area contributed by atoms with Crippen molar-refractivity contribution in [1.82, 2.24) is 29.5 Å². The largest absolute Gasteiger partial charge is 0.393 e. The van der Waals surface area contributed by atoms with Gasteiger partial charge in [-0.15, -0.1) is 5.10 Å². The van der Waals surface area contributed by atoms with Crippen molar-refractivity contribution in [2.75, 3.05) is 29.4 Å². The summed E-state index contributed by atoms with van der Waals surface area (Å²) < 4.78 is 15.8. The van der Waals surface area contributed by atoms with Gasteiger partial charge in [-0.2, -0.15) is 0 Å². The smallest absolute Gasteiger partial charge is 0.225 e. The molecule has 4 aromatic heterocycles. The van der Waals surface area contributed by atoms with Gasteiger partial charge in [0.2, 0.25) is 5.95 Å². The third-order valence-electron chi connectivity index (χ3n) is 7.79. The second-order valence-corrected chi connectivity index (χ2v) is 10.4. The van der Waals surface area contributed by atoms with Crippen molar-refractivity contribution < 1.29 is 9.50 Å². The number of piperidine rings is 1. The summed E-state index contributed by atoms with van der Waals surface area (Å²) in [6.07, 6.45) is 6.68. The number of imidazole rings is 1. The maximum Gasteiger partial charge on any atom is 0.225 e. The fourth-order valence-corrected chi connectivity index (χ4v) is 5.72. The molecule has 0 amide bonds. The van der Waals surface area contributed by atoms with Crippen molar-refractivity contribution in [3.8, 4) is 22.8 Å². The number of aromatic nitrogens is 6. The molecule has 7 rings (SSSR count). The summed E-state index contributed by atoms with van der Waals surface area (Å²) >= 11 is 0. The number of benzene rings is 1. The quantitative estimate of drug-likeness (QED) is 0.346. The fraction of sp³-hybridized carbons (Fsp3) is 0.300. The van der Waals surface area contributed by atoms with Crippen molar-refractivity contribution in [2.24, 2.45) is 0 Å². The first kappa shape index (κ1) is 24.6. The van der Waals surface area contributed by atoms with E-state index in [2.05, 4.69) is 19.8 Å². The summed E-state index contributed by atoms with van der Waals surface area (Å²) in [6.45, 7) is 2.31. The fourth-order valence-electron chi connectivity index (χ4n) is 5.72. The van der Waals surface area contributed by atoms with Crippen LogP contribution in [0.1, 0.15) is 37.3 Å². The number of nitrogens with zero attached hydrogens (tertiary/aromatic N) is 8. The summed E-state index contributed by atoms with van der Waals surface area (Å²) in [5.74, 6) is 1.25. The summed E-state index contributed by atoms with van der Waals surface area (Å²) in [5, 5.41) is 14.8. The Morgan fingerprint density at radius 2 is 1.65 bits per heavy atom. The monoisotopic (exact) mass is 536 g/mol. The van der Waals surface area contributed by atoms with E-state index in [1.165, 1.54) is 6.07 Å². The Morgan fingerprint density at radius 3 is 2.52 bits per heavy atom. The van der Waals surface area contributed by atoms with E-state index in [9.17, 15) is 9.50 Å². The molecule has 1 atom stereocenters. The van der Waals surface area contributed by atoms with Crippen LogP contribution in [0.15, 0.2) is 73.1 Å². The highest BCUT2D eigenvalue weighted by molar-refractivity contribution is 5.65. The molecule has 202 valence electrons. The highest BCUT2D eigenvalue weighted by atomic mass is 19.1. The van der Waals surface area contributed by atoms with E-state index in [1.807, 2.05) is 47.0 Å². The van der Waals surface area contributed by atoms with Crippen molar-refractivity contribution in [1.29, 1.82) is 0 Å². The van der Waals surface area contributed by atoms with Gasteiger partial charge in [0.05, 0.1) is 35.4 Å². The Labute approximate surface area is 231 Å². The van der Waals surface area contributed by atoms with Crippen molar-refractivity contribution in [3.05, 3.63) is 84.4 Å². The molecule has 1 aromatic carbocycles. The van der Waals surface area contributed by atoms with Gasteiger partial charge in [0.1, 0.15) is 17.3 Å². The lowest BCUT2D eigenvalue weighted by Crippen LogP contribution is -2.36. The van der Waals surface area contributed by atoms with Gasteiger partial charge in [-0.1, -0.05) is 18.2 Å². The number of anilines is 2. The molecule has 0 aliphatic carbocycles. The highest BCUT2D eigenvalue weighted by Gasteiger charge is 2.28. The third kappa shape index (κ3) is 4.64. The Balaban J connectivity index is 1.20. The number of aliphatic hydroxyl groups excluding tert-OH is 1. The minimum atomic E-state index is -0.255. The average Bonchev–Trinajstić information content (AvgIpc) is 3.65. The third-order valence-corrected chi connectivity index (χ3v) is 7.79. The lowest BCUT2D eigenvalue weighted by Gasteiger charge is -2.29. The molecule has 0 spiro atoms. The van der Waals surface area contributed by atoms with Gasteiger partial charge in [-0.3, -0.25) is 0 Å². The molecule has 0 saturated carbocycles. The summed E-state index contributed by atoms with van der Waals surface area (Å²) in [6, 6.07) is 18.6. The average molecular weight is 537 g/mol. The Morgan fingerprint density at radius 1 is 0.825 bits per heavy atom. The first-order valence-electron chi connectivity index (χ1n) is 13.7. The van der Waals surface area contributed by atoms with Crippen LogP contribution >= 0.6 is 0 Å². The number of pyridine rings is 1. The summed E-state index contributed by atoms with van der Waals surface area (Å²) in [5.41, 5.74) is 4.66. The maximum absolute atomic E-state index is 14.0. The summed E-state index contributed by atoms with van der Waals surface area (Å²) in [7, 11) is 0. The minimum Gasteiger partial charge on any atom is -0.393 e. The number of halogens is 1. The molecular formula is C30H29FN8O. The maximum atomic E-state index is 14.0. The van der Waals surface area contributed by atoms with Crippen LogP contribution in [0.3, 0.4) is 0 Å². The van der Waals surface area contributed by atoms with Gasteiger partial charge in [0.25, 0.3) is 0 Å². The van der Waals surface area contributed by atoms with Gasteiger partial charge in [0, 0.05) is 25.8 Å². The zero-order chi connectivity index (χ0) is 27.1. The predicted octanol–water partition coefficient (Wildman–Crippen LogP) is 4.69. The van der Waals surface area contributed by atoms with Gasteiger partial charge in [-0.05, 0) is 73.7 Å². The Hall–Kier alpha value is -4.44. The van der Waals surface area contributed by atoms with Crippen LogP contribution in [0.5, 0.6) is 0 Å². The molecule has 6 heterocycles. The van der Waals surface area contributed by atoms with Crippen molar-refractivity contribution in [2.45, 2.75) is 37.8 Å². The van der Waals surface area contributed by atoms with E-state index in [-0.39, 0.29) is 18.0 Å². The molecule has 0 bridgehead atoms. The molecule has 2 aliphatic rings. The van der Waals surface area contributed by atoms with Gasteiger partial charge >= 0.3 is 0 Å². The lowest BCUT2D eigenvalue weighted by atomic mass is 10.0. The molecule has 10 heteroatoms. The Bertz CT molecular complexity index is 1660. The van der Waals surface area contributed by atoms with Crippen molar-refractivity contribution in [3.63, 3.8) is 0 Å². The molecule has 0 radical (unpaired) electrons.